The van der Waals surface area contributed by atoms with E-state index in [9.17, 15) is 5.26 Å². The molecule has 1 unspecified atom stereocenters. The van der Waals surface area contributed by atoms with Gasteiger partial charge < -0.3 is 4.90 Å². The lowest BCUT2D eigenvalue weighted by Crippen LogP contribution is -2.34. The second-order valence-corrected chi connectivity index (χ2v) is 5.33. The van der Waals surface area contributed by atoms with Crippen molar-refractivity contribution in [3.63, 3.8) is 0 Å². The minimum absolute atomic E-state index is 0.00800. The molecule has 3 nitrogen and oxygen atoms in total. The summed E-state index contributed by atoms with van der Waals surface area (Å²) in [6.45, 7) is 6.19. The summed E-state index contributed by atoms with van der Waals surface area (Å²) in [5, 5.41) is 12.6. The highest BCUT2D eigenvalue weighted by molar-refractivity contribution is 5.48. The number of rotatable bonds is 7. The lowest BCUT2D eigenvalue weighted by Gasteiger charge is -2.24. The minimum Gasteiger partial charge on any atom is -0.372 e. The van der Waals surface area contributed by atoms with Gasteiger partial charge in [-0.3, -0.25) is 5.32 Å². The Bertz CT molecular complexity index is 446. The van der Waals surface area contributed by atoms with Crippen LogP contribution in [0.3, 0.4) is 0 Å². The lowest BCUT2D eigenvalue weighted by atomic mass is 10.1. The zero-order valence-corrected chi connectivity index (χ0v) is 11.9. The van der Waals surface area contributed by atoms with Gasteiger partial charge >= 0.3 is 0 Å². The van der Waals surface area contributed by atoms with Gasteiger partial charge in [-0.25, -0.2) is 0 Å². The lowest BCUT2D eigenvalue weighted by molar-refractivity contribution is 0.556. The van der Waals surface area contributed by atoms with E-state index in [1.54, 1.807) is 0 Å². The van der Waals surface area contributed by atoms with E-state index in [4.69, 9.17) is 0 Å². The summed E-state index contributed by atoms with van der Waals surface area (Å²) in [6, 6.07) is 11.5. The number of benzene rings is 1. The van der Waals surface area contributed by atoms with Crippen molar-refractivity contribution in [3.05, 3.63) is 29.8 Å². The standard InChI is InChI=1S/C16H23N3/c1-3-19(16-6-4-5-13(2)11-16)10-9-15(12-17)18-14-7-8-14/h4-6,11,14-15,18H,3,7-10H2,1-2H3. The molecule has 1 aromatic rings. The van der Waals surface area contributed by atoms with E-state index in [0.717, 1.165) is 19.5 Å². The number of aryl methyl sites for hydroxylation is 1. The summed E-state index contributed by atoms with van der Waals surface area (Å²) in [5.41, 5.74) is 2.54. The van der Waals surface area contributed by atoms with Crippen LogP contribution in [-0.4, -0.2) is 25.2 Å². The van der Waals surface area contributed by atoms with E-state index in [0.29, 0.717) is 6.04 Å². The van der Waals surface area contributed by atoms with Gasteiger partial charge in [-0.15, -0.1) is 0 Å². The Morgan fingerprint density at radius 3 is 2.84 bits per heavy atom. The van der Waals surface area contributed by atoms with Crippen molar-refractivity contribution in [1.82, 2.24) is 5.32 Å². The van der Waals surface area contributed by atoms with Gasteiger partial charge in [-0.2, -0.15) is 5.26 Å². The molecular formula is C16H23N3. The second kappa shape index (κ2) is 6.58. The molecular weight excluding hydrogens is 234 g/mol. The molecule has 1 aromatic carbocycles. The molecule has 19 heavy (non-hydrogen) atoms. The summed E-state index contributed by atoms with van der Waals surface area (Å²) in [6.07, 6.45) is 3.34. The molecule has 0 spiro atoms. The number of anilines is 1. The van der Waals surface area contributed by atoms with Gasteiger partial charge in [-0.1, -0.05) is 12.1 Å². The molecule has 0 amide bonds. The van der Waals surface area contributed by atoms with Crippen molar-refractivity contribution >= 4 is 5.69 Å². The Morgan fingerprint density at radius 2 is 2.26 bits per heavy atom. The molecule has 1 fully saturated rings. The van der Waals surface area contributed by atoms with Crippen LogP contribution in [0.2, 0.25) is 0 Å². The first kappa shape index (κ1) is 13.9. The predicted molar refractivity (Wildman–Crippen MR) is 79.2 cm³/mol. The summed E-state index contributed by atoms with van der Waals surface area (Å²) in [4.78, 5) is 2.34. The number of nitrogens with zero attached hydrogens (tertiary/aromatic N) is 2. The van der Waals surface area contributed by atoms with Crippen LogP contribution in [0, 0.1) is 18.3 Å². The Balaban J connectivity index is 1.89. The number of hydrogen-bond acceptors (Lipinski definition) is 3. The van der Waals surface area contributed by atoms with Gasteiger partial charge in [0.2, 0.25) is 0 Å². The maximum absolute atomic E-state index is 9.17. The fourth-order valence-corrected chi connectivity index (χ4v) is 2.30. The van der Waals surface area contributed by atoms with E-state index >= 15 is 0 Å². The predicted octanol–water partition coefficient (Wildman–Crippen LogP) is 2.86. The van der Waals surface area contributed by atoms with Crippen molar-refractivity contribution in [2.75, 3.05) is 18.0 Å². The quantitative estimate of drug-likeness (QED) is 0.816. The van der Waals surface area contributed by atoms with Crippen molar-refractivity contribution in [1.29, 1.82) is 5.26 Å². The topological polar surface area (TPSA) is 39.1 Å². The largest absolute Gasteiger partial charge is 0.372 e. The molecule has 0 aromatic heterocycles. The van der Waals surface area contributed by atoms with Crippen LogP contribution < -0.4 is 10.2 Å². The SMILES string of the molecule is CCN(CCC(C#N)NC1CC1)c1cccc(C)c1. The van der Waals surface area contributed by atoms with Crippen LogP contribution in [0.25, 0.3) is 0 Å². The molecule has 0 saturated heterocycles. The molecule has 0 bridgehead atoms. The Hall–Kier alpha value is -1.53. The summed E-state index contributed by atoms with van der Waals surface area (Å²) < 4.78 is 0. The van der Waals surface area contributed by atoms with E-state index < -0.39 is 0 Å². The molecule has 1 saturated carbocycles. The molecule has 1 atom stereocenters. The normalized spacial score (nSPS) is 15.8. The van der Waals surface area contributed by atoms with Crippen LogP contribution in [0.1, 0.15) is 31.7 Å². The van der Waals surface area contributed by atoms with E-state index in [2.05, 4.69) is 54.4 Å². The molecule has 0 radical (unpaired) electrons. The fourth-order valence-electron chi connectivity index (χ4n) is 2.30. The molecule has 102 valence electrons. The molecule has 1 aliphatic carbocycles. The highest BCUT2D eigenvalue weighted by Gasteiger charge is 2.24. The molecule has 1 aliphatic rings. The molecule has 0 heterocycles. The molecule has 1 N–H and O–H groups in total. The van der Waals surface area contributed by atoms with Crippen molar-refractivity contribution in [2.24, 2.45) is 0 Å². The van der Waals surface area contributed by atoms with Crippen LogP contribution in [0.4, 0.5) is 5.69 Å². The molecule has 0 aliphatic heterocycles. The Kier molecular flexibility index (Phi) is 4.81. The first-order valence-corrected chi connectivity index (χ1v) is 7.20. The third-order valence-electron chi connectivity index (χ3n) is 3.61. The first-order valence-electron chi connectivity index (χ1n) is 7.20. The van der Waals surface area contributed by atoms with Crippen LogP contribution in [0.5, 0.6) is 0 Å². The van der Waals surface area contributed by atoms with E-state index in [-0.39, 0.29) is 6.04 Å². The number of hydrogen-bond donors (Lipinski definition) is 1. The summed E-state index contributed by atoms with van der Waals surface area (Å²) >= 11 is 0. The van der Waals surface area contributed by atoms with Crippen LogP contribution in [-0.2, 0) is 0 Å². The third-order valence-corrected chi connectivity index (χ3v) is 3.61. The Labute approximate surface area is 116 Å². The zero-order valence-electron chi connectivity index (χ0n) is 11.9. The second-order valence-electron chi connectivity index (χ2n) is 5.33. The fraction of sp³-hybridized carbons (Fsp3) is 0.562. The average molecular weight is 257 g/mol. The maximum Gasteiger partial charge on any atom is 0.0972 e. The number of nitrogens with one attached hydrogen (secondary N) is 1. The smallest absolute Gasteiger partial charge is 0.0972 e. The van der Waals surface area contributed by atoms with E-state index in [1.165, 1.54) is 24.1 Å². The minimum atomic E-state index is -0.00800. The number of nitriles is 1. The van der Waals surface area contributed by atoms with Gasteiger partial charge in [0.25, 0.3) is 0 Å². The summed E-state index contributed by atoms with van der Waals surface area (Å²) in [5.74, 6) is 0. The van der Waals surface area contributed by atoms with Gasteiger partial charge in [0.1, 0.15) is 0 Å². The van der Waals surface area contributed by atoms with E-state index in [1.807, 2.05) is 0 Å². The van der Waals surface area contributed by atoms with Gasteiger partial charge in [0, 0.05) is 24.8 Å². The third kappa shape index (κ3) is 4.25. The first-order chi connectivity index (χ1) is 9.22. The zero-order chi connectivity index (χ0) is 13.7. The van der Waals surface area contributed by atoms with Crippen molar-refractivity contribution in [3.8, 4) is 6.07 Å². The van der Waals surface area contributed by atoms with Crippen molar-refractivity contribution in [2.45, 2.75) is 45.2 Å². The van der Waals surface area contributed by atoms with Crippen LogP contribution in [0.15, 0.2) is 24.3 Å². The Morgan fingerprint density at radius 1 is 1.47 bits per heavy atom. The van der Waals surface area contributed by atoms with Gasteiger partial charge in [0.15, 0.2) is 0 Å². The molecule has 3 heteroatoms. The average Bonchev–Trinajstić information content (AvgIpc) is 3.22. The van der Waals surface area contributed by atoms with Crippen LogP contribution >= 0.6 is 0 Å². The van der Waals surface area contributed by atoms with Crippen molar-refractivity contribution < 1.29 is 0 Å². The highest BCUT2D eigenvalue weighted by atomic mass is 15.1. The molecule has 2 rings (SSSR count). The monoisotopic (exact) mass is 257 g/mol. The summed E-state index contributed by atoms with van der Waals surface area (Å²) in [7, 11) is 0. The van der Waals surface area contributed by atoms with Gasteiger partial charge in [-0.05, 0) is 50.8 Å². The highest BCUT2D eigenvalue weighted by Crippen LogP contribution is 2.20. The maximum atomic E-state index is 9.17. The van der Waals surface area contributed by atoms with Gasteiger partial charge in [0.05, 0.1) is 12.1 Å².